The van der Waals surface area contributed by atoms with Crippen LogP contribution in [-0.2, 0) is 15.6 Å². The molecule has 146 valence electrons. The van der Waals surface area contributed by atoms with Crippen LogP contribution < -0.4 is 5.73 Å². The van der Waals surface area contributed by atoms with Crippen molar-refractivity contribution < 1.29 is 8.42 Å². The molecular weight excluding hydrogens is 420 g/mol. The molecule has 3 aromatic rings. The number of thiophene rings is 1. The van der Waals surface area contributed by atoms with Crippen molar-refractivity contribution in [2.24, 2.45) is 10.7 Å². The molecule has 28 heavy (non-hydrogen) atoms. The van der Waals surface area contributed by atoms with Crippen LogP contribution in [0, 0.1) is 0 Å². The first-order valence-electron chi connectivity index (χ1n) is 8.29. The highest BCUT2D eigenvalue weighted by Gasteiger charge is 2.42. The Morgan fingerprint density at radius 1 is 1.29 bits per heavy atom. The van der Waals surface area contributed by atoms with Crippen LogP contribution in [0.1, 0.15) is 11.8 Å². The van der Waals surface area contributed by atoms with Crippen LogP contribution in [0.5, 0.6) is 0 Å². The minimum absolute atomic E-state index is 0.0604. The Morgan fingerprint density at radius 3 is 2.68 bits per heavy atom. The van der Waals surface area contributed by atoms with Crippen LogP contribution in [-0.4, -0.2) is 46.5 Å². The smallest absolute Gasteiger partial charge is 0.239 e. The molecular formula is C17H17ClN6O2S2. The summed E-state index contributed by atoms with van der Waals surface area (Å²) in [6.07, 6.45) is 1.80. The van der Waals surface area contributed by atoms with Gasteiger partial charge >= 0.3 is 0 Å². The summed E-state index contributed by atoms with van der Waals surface area (Å²) < 4.78 is 27.5. The molecule has 0 amide bonds. The van der Waals surface area contributed by atoms with Crippen molar-refractivity contribution in [3.05, 3.63) is 52.5 Å². The van der Waals surface area contributed by atoms with Gasteiger partial charge in [-0.25, -0.2) is 22.4 Å². The fraction of sp³-hybridized carbons (Fsp3) is 0.235. The second-order valence-corrected chi connectivity index (χ2v) is 10.1. The number of nitrogens with two attached hydrogens (primary N) is 1. The first-order chi connectivity index (χ1) is 13.2. The van der Waals surface area contributed by atoms with Crippen molar-refractivity contribution in [3.8, 4) is 16.3 Å². The molecule has 0 fully saturated rings. The molecule has 0 saturated carbocycles. The Kier molecular flexibility index (Phi) is 4.44. The van der Waals surface area contributed by atoms with Gasteiger partial charge in [-0.2, -0.15) is 0 Å². The third-order valence-electron chi connectivity index (χ3n) is 4.51. The van der Waals surface area contributed by atoms with Crippen LogP contribution in [0.15, 0.2) is 47.6 Å². The molecule has 1 aromatic carbocycles. The summed E-state index contributed by atoms with van der Waals surface area (Å²) in [4.78, 5) is 5.80. The lowest BCUT2D eigenvalue weighted by Gasteiger charge is -2.33. The number of benzene rings is 1. The van der Waals surface area contributed by atoms with Gasteiger partial charge in [0.1, 0.15) is 11.2 Å². The summed E-state index contributed by atoms with van der Waals surface area (Å²) in [6.45, 7) is 1.72. The van der Waals surface area contributed by atoms with Gasteiger partial charge in [0.2, 0.25) is 16.0 Å². The van der Waals surface area contributed by atoms with E-state index in [1.54, 1.807) is 23.9 Å². The van der Waals surface area contributed by atoms with E-state index in [0.29, 0.717) is 15.6 Å². The van der Waals surface area contributed by atoms with Crippen LogP contribution in [0.25, 0.3) is 16.3 Å². The normalized spacial score (nSPS) is 21.5. The SMILES string of the molecule is CN1C(N)=N[C@](C)(c2sc(-c3cn(-c4ccccc4)nn3)cc2Cl)CS1(=O)=O. The number of hydrogen-bond donors (Lipinski definition) is 1. The summed E-state index contributed by atoms with van der Waals surface area (Å²) in [5, 5.41) is 8.80. The lowest BCUT2D eigenvalue weighted by molar-refractivity contribution is 0.482. The summed E-state index contributed by atoms with van der Waals surface area (Å²) in [7, 11) is -2.19. The molecule has 0 spiro atoms. The maximum Gasteiger partial charge on any atom is 0.239 e. The van der Waals surface area contributed by atoms with Crippen molar-refractivity contribution in [1.82, 2.24) is 19.3 Å². The second-order valence-electron chi connectivity index (χ2n) is 6.64. The topological polar surface area (TPSA) is 106 Å². The van der Waals surface area contributed by atoms with Gasteiger partial charge in [0.25, 0.3) is 0 Å². The van der Waals surface area contributed by atoms with Gasteiger partial charge in [-0.3, -0.25) is 0 Å². The number of aliphatic imine (C=N–C) groups is 1. The zero-order valence-corrected chi connectivity index (χ0v) is 17.5. The summed E-state index contributed by atoms with van der Waals surface area (Å²) in [6, 6.07) is 11.4. The van der Waals surface area contributed by atoms with E-state index < -0.39 is 15.6 Å². The van der Waals surface area contributed by atoms with Crippen molar-refractivity contribution in [2.75, 3.05) is 12.8 Å². The molecule has 1 atom stereocenters. The van der Waals surface area contributed by atoms with E-state index in [9.17, 15) is 8.42 Å². The van der Waals surface area contributed by atoms with E-state index in [0.717, 1.165) is 14.9 Å². The Bertz CT molecular complexity index is 1170. The number of rotatable bonds is 3. The zero-order chi connectivity index (χ0) is 20.1. The van der Waals surface area contributed by atoms with E-state index in [-0.39, 0.29) is 11.7 Å². The van der Waals surface area contributed by atoms with Crippen molar-refractivity contribution >= 4 is 38.9 Å². The van der Waals surface area contributed by atoms with Gasteiger partial charge in [-0.1, -0.05) is 35.0 Å². The summed E-state index contributed by atoms with van der Waals surface area (Å²) in [5.74, 6) is -0.275. The minimum atomic E-state index is -3.58. The Balaban J connectivity index is 1.73. The molecule has 0 aliphatic carbocycles. The fourth-order valence-corrected chi connectivity index (χ4v) is 6.12. The number of nitrogens with zero attached hydrogens (tertiary/aromatic N) is 5. The Morgan fingerprint density at radius 2 is 2.00 bits per heavy atom. The molecule has 0 unspecified atom stereocenters. The van der Waals surface area contributed by atoms with E-state index in [2.05, 4.69) is 15.3 Å². The molecule has 3 heterocycles. The number of hydrogen-bond acceptors (Lipinski definition) is 7. The molecule has 4 rings (SSSR count). The predicted octanol–water partition coefficient (Wildman–Crippen LogP) is 2.45. The van der Waals surface area contributed by atoms with Gasteiger partial charge in [-0.05, 0) is 25.1 Å². The first-order valence-corrected chi connectivity index (χ1v) is 11.1. The van der Waals surface area contributed by atoms with E-state index >= 15 is 0 Å². The fourth-order valence-electron chi connectivity index (χ4n) is 3.01. The van der Waals surface area contributed by atoms with E-state index in [1.807, 2.05) is 30.3 Å². The van der Waals surface area contributed by atoms with Gasteiger partial charge in [-0.15, -0.1) is 16.4 Å². The van der Waals surface area contributed by atoms with Crippen LogP contribution in [0.4, 0.5) is 0 Å². The molecule has 1 aliphatic heterocycles. The first kappa shape index (κ1) is 18.9. The Labute approximate surface area is 171 Å². The number of sulfonamides is 1. The van der Waals surface area contributed by atoms with Gasteiger partial charge in [0.15, 0.2) is 0 Å². The number of guanidine groups is 1. The van der Waals surface area contributed by atoms with Crippen LogP contribution >= 0.6 is 22.9 Å². The largest absolute Gasteiger partial charge is 0.369 e. The molecule has 2 aromatic heterocycles. The van der Waals surface area contributed by atoms with Crippen LogP contribution in [0.3, 0.4) is 0 Å². The summed E-state index contributed by atoms with van der Waals surface area (Å²) >= 11 is 7.79. The van der Waals surface area contributed by atoms with Crippen molar-refractivity contribution in [1.29, 1.82) is 0 Å². The number of para-hydroxylation sites is 1. The van der Waals surface area contributed by atoms with Gasteiger partial charge < -0.3 is 5.73 Å². The molecule has 0 bridgehead atoms. The highest BCUT2D eigenvalue weighted by molar-refractivity contribution is 7.89. The molecule has 0 radical (unpaired) electrons. The van der Waals surface area contributed by atoms with E-state index in [4.69, 9.17) is 17.3 Å². The lowest BCUT2D eigenvalue weighted by atomic mass is 10.0. The van der Waals surface area contributed by atoms with Gasteiger partial charge in [0.05, 0.1) is 32.4 Å². The molecule has 8 nitrogen and oxygen atoms in total. The molecule has 0 saturated heterocycles. The van der Waals surface area contributed by atoms with Crippen molar-refractivity contribution in [2.45, 2.75) is 12.5 Å². The third kappa shape index (κ3) is 3.17. The molecule has 11 heteroatoms. The summed E-state index contributed by atoms with van der Waals surface area (Å²) in [5.41, 5.74) is 6.29. The predicted molar refractivity (Wildman–Crippen MR) is 110 cm³/mol. The average molecular weight is 437 g/mol. The number of aromatic nitrogens is 3. The molecule has 2 N–H and O–H groups in total. The second kappa shape index (κ2) is 6.57. The minimum Gasteiger partial charge on any atom is -0.369 e. The quantitative estimate of drug-likeness (QED) is 0.678. The highest BCUT2D eigenvalue weighted by atomic mass is 35.5. The lowest BCUT2D eigenvalue weighted by Crippen LogP contribution is -2.50. The van der Waals surface area contributed by atoms with Crippen LogP contribution in [0.2, 0.25) is 5.02 Å². The van der Waals surface area contributed by atoms with Crippen molar-refractivity contribution in [3.63, 3.8) is 0 Å². The maximum atomic E-state index is 12.4. The third-order valence-corrected chi connectivity index (χ3v) is 8.28. The maximum absolute atomic E-state index is 12.4. The zero-order valence-electron chi connectivity index (χ0n) is 15.1. The highest BCUT2D eigenvalue weighted by Crippen LogP contribution is 2.43. The molecule has 1 aliphatic rings. The standard InChI is InChI=1S/C17H17ClN6O2S2/c1-17(10-28(25,26)23(2)16(19)20-17)15-12(18)8-14(27-15)13-9-24(22-21-13)11-6-4-3-5-7-11/h3-9H,10H2,1-2H3,(H2,19,20)/t17-/m0/s1. The average Bonchev–Trinajstić information content (AvgIpc) is 3.27. The monoisotopic (exact) mass is 436 g/mol. The van der Waals surface area contributed by atoms with E-state index in [1.165, 1.54) is 18.4 Å². The van der Waals surface area contributed by atoms with Gasteiger partial charge in [0, 0.05) is 7.05 Å². The number of halogens is 1. The Hall–Kier alpha value is -2.43.